The van der Waals surface area contributed by atoms with Crippen molar-refractivity contribution in [2.75, 3.05) is 0 Å². The summed E-state index contributed by atoms with van der Waals surface area (Å²) in [6, 6.07) is 57.3. The van der Waals surface area contributed by atoms with Gasteiger partial charge < -0.3 is 9.47 Å². The van der Waals surface area contributed by atoms with Gasteiger partial charge in [0.15, 0.2) is 0 Å². The Morgan fingerprint density at radius 1 is 0.370 bits per heavy atom. The predicted molar refractivity (Wildman–Crippen MR) is 189 cm³/mol. The first-order chi connectivity index (χ1) is 22.8. The van der Waals surface area contributed by atoms with Gasteiger partial charge >= 0.3 is 0 Å². The number of ether oxygens (including phenoxy) is 2. The van der Waals surface area contributed by atoms with E-state index in [1.54, 1.807) is 0 Å². The molecule has 0 amide bonds. The van der Waals surface area contributed by atoms with Gasteiger partial charge in [-0.3, -0.25) is 0 Å². The number of aliphatic imine (C=N–C) groups is 2. The summed E-state index contributed by atoms with van der Waals surface area (Å²) < 4.78 is 12.7. The zero-order valence-electron chi connectivity index (χ0n) is 25.3. The third-order valence-corrected chi connectivity index (χ3v) is 7.74. The van der Waals surface area contributed by atoms with Crippen molar-refractivity contribution >= 4 is 44.7 Å². The highest BCUT2D eigenvalue weighted by molar-refractivity contribution is 6.00. The fourth-order valence-electron chi connectivity index (χ4n) is 5.28. The van der Waals surface area contributed by atoms with Crippen LogP contribution < -0.4 is 0 Å². The molecular weight excluding hydrogens is 564 g/mol. The van der Waals surface area contributed by atoms with E-state index in [0.717, 1.165) is 44.4 Å². The fourth-order valence-corrected chi connectivity index (χ4v) is 5.28. The highest BCUT2D eigenvalue weighted by Crippen LogP contribution is 2.22. The van der Waals surface area contributed by atoms with E-state index in [2.05, 4.69) is 84.9 Å². The minimum absolute atomic E-state index is 0.386. The molecule has 0 spiro atoms. The molecule has 0 aliphatic heterocycles. The molecule has 46 heavy (non-hydrogen) atoms. The Labute approximate surface area is 269 Å². The number of nitrogens with zero attached hydrogens (tertiary/aromatic N) is 2. The maximum Gasteiger partial charge on any atom is 0.221 e. The molecular formula is C42H32N2O2. The van der Waals surface area contributed by atoms with Crippen LogP contribution in [0, 0.1) is 0 Å². The summed E-state index contributed by atoms with van der Waals surface area (Å²) in [6.45, 7) is 0.773. The smallest absolute Gasteiger partial charge is 0.221 e. The van der Waals surface area contributed by atoms with E-state index in [9.17, 15) is 0 Å². The Morgan fingerprint density at radius 2 is 0.739 bits per heavy atom. The van der Waals surface area contributed by atoms with Crippen LogP contribution in [0.1, 0.15) is 22.3 Å². The van der Waals surface area contributed by atoms with E-state index in [1.807, 2.05) is 84.9 Å². The summed E-state index contributed by atoms with van der Waals surface area (Å²) in [5, 5.41) is 4.65. The van der Waals surface area contributed by atoms with Gasteiger partial charge in [0.2, 0.25) is 11.8 Å². The lowest BCUT2D eigenvalue weighted by atomic mass is 10.1. The van der Waals surface area contributed by atoms with E-state index < -0.39 is 0 Å². The van der Waals surface area contributed by atoms with Gasteiger partial charge in [0, 0.05) is 11.1 Å². The van der Waals surface area contributed by atoms with Crippen molar-refractivity contribution in [1.82, 2.24) is 0 Å². The molecule has 0 radical (unpaired) electrons. The normalized spacial score (nSPS) is 11.9. The van der Waals surface area contributed by atoms with Crippen LogP contribution in [0.4, 0.5) is 11.4 Å². The molecule has 0 N–H and O–H groups in total. The third-order valence-electron chi connectivity index (χ3n) is 7.74. The number of fused-ring (bicyclic) bond motifs is 2. The molecule has 0 aliphatic rings. The molecule has 0 unspecified atom stereocenters. The Morgan fingerprint density at radius 3 is 1.15 bits per heavy atom. The van der Waals surface area contributed by atoms with Crippen molar-refractivity contribution in [2.45, 2.75) is 13.2 Å². The minimum Gasteiger partial charge on any atom is -0.472 e. The first-order valence-corrected chi connectivity index (χ1v) is 15.4. The van der Waals surface area contributed by atoms with Crippen LogP contribution in [0.5, 0.6) is 0 Å². The van der Waals surface area contributed by atoms with E-state index in [-0.39, 0.29) is 0 Å². The van der Waals surface area contributed by atoms with Gasteiger partial charge in [0.05, 0.1) is 11.4 Å². The highest BCUT2D eigenvalue weighted by atomic mass is 16.5. The third kappa shape index (κ3) is 7.03. The summed E-state index contributed by atoms with van der Waals surface area (Å²) in [5.41, 5.74) is 5.64. The van der Waals surface area contributed by atoms with Crippen LogP contribution >= 0.6 is 0 Å². The second kappa shape index (κ2) is 13.7. The molecule has 0 atom stereocenters. The molecule has 0 fully saturated rings. The first kappa shape index (κ1) is 28.8. The standard InChI is InChI=1S/C42H32N2O2/c1-3-15-39(16-4-1)43-41(37-25-23-33-11-7-9-13-35(33)27-37)45-29-31-19-21-32(22-20-31)30-46-42(44-40-17-5-2-6-18-40)38-26-24-34-12-8-10-14-36(34)28-38/h1-28H,29-30H2/b43-41-,44-42-. The Hall–Kier alpha value is -6.00. The highest BCUT2D eigenvalue weighted by Gasteiger charge is 2.10. The maximum atomic E-state index is 6.36. The molecule has 0 saturated carbocycles. The number of para-hydroxylation sites is 2. The quantitative estimate of drug-likeness (QED) is 0.129. The number of rotatable bonds is 8. The molecule has 7 rings (SSSR count). The van der Waals surface area contributed by atoms with Gasteiger partial charge in [-0.25, -0.2) is 9.98 Å². The van der Waals surface area contributed by atoms with Gasteiger partial charge in [-0.1, -0.05) is 121 Å². The van der Waals surface area contributed by atoms with Crippen LogP contribution in [-0.4, -0.2) is 11.8 Å². The zero-order valence-corrected chi connectivity index (χ0v) is 25.3. The van der Waals surface area contributed by atoms with Crippen LogP contribution in [0.25, 0.3) is 21.5 Å². The lowest BCUT2D eigenvalue weighted by Crippen LogP contribution is -2.08. The van der Waals surface area contributed by atoms with Crippen molar-refractivity contribution < 1.29 is 9.47 Å². The monoisotopic (exact) mass is 596 g/mol. The van der Waals surface area contributed by atoms with Gasteiger partial charge in [0.25, 0.3) is 0 Å². The van der Waals surface area contributed by atoms with Crippen molar-refractivity contribution in [3.8, 4) is 0 Å². The lowest BCUT2D eigenvalue weighted by molar-refractivity contribution is 0.290. The van der Waals surface area contributed by atoms with Crippen LogP contribution in [0.15, 0.2) is 180 Å². The Kier molecular flexibility index (Phi) is 8.59. The van der Waals surface area contributed by atoms with Crippen molar-refractivity contribution in [3.63, 3.8) is 0 Å². The molecule has 222 valence electrons. The molecule has 0 aliphatic carbocycles. The Bertz CT molecular complexity index is 1980. The van der Waals surface area contributed by atoms with Crippen LogP contribution in [0.3, 0.4) is 0 Å². The molecule has 4 heteroatoms. The summed E-state index contributed by atoms with van der Waals surface area (Å²) in [4.78, 5) is 9.72. The SMILES string of the molecule is c1ccc(/N=C(\OCc2ccc(CO/C(=N\c3ccccc3)c3ccc4ccccc4c3)cc2)c2ccc3ccccc3c2)cc1. The molecule has 0 saturated heterocycles. The summed E-state index contributed by atoms with van der Waals surface area (Å²) in [5.74, 6) is 1.17. The Balaban J connectivity index is 1.08. The van der Waals surface area contributed by atoms with Gasteiger partial charge in [-0.15, -0.1) is 0 Å². The number of hydrogen-bond donors (Lipinski definition) is 0. The van der Waals surface area contributed by atoms with Gasteiger partial charge in [-0.05, 0) is 81.2 Å². The topological polar surface area (TPSA) is 43.2 Å². The summed E-state index contributed by atoms with van der Waals surface area (Å²) in [6.07, 6.45) is 0. The average molecular weight is 597 g/mol. The van der Waals surface area contributed by atoms with Crippen molar-refractivity contribution in [2.24, 2.45) is 9.98 Å². The average Bonchev–Trinajstić information content (AvgIpc) is 3.12. The van der Waals surface area contributed by atoms with Crippen LogP contribution in [0.2, 0.25) is 0 Å². The summed E-state index contributed by atoms with van der Waals surface area (Å²) in [7, 11) is 0. The van der Waals surface area contributed by atoms with Gasteiger partial charge in [0.1, 0.15) is 13.2 Å². The molecule has 4 nitrogen and oxygen atoms in total. The van der Waals surface area contributed by atoms with Crippen LogP contribution in [-0.2, 0) is 22.7 Å². The molecule has 7 aromatic carbocycles. The first-order valence-electron chi connectivity index (χ1n) is 15.4. The van der Waals surface area contributed by atoms with E-state index in [4.69, 9.17) is 19.5 Å². The zero-order chi connectivity index (χ0) is 31.0. The van der Waals surface area contributed by atoms with Crippen molar-refractivity contribution in [3.05, 3.63) is 192 Å². The van der Waals surface area contributed by atoms with E-state index in [1.165, 1.54) is 10.8 Å². The van der Waals surface area contributed by atoms with Gasteiger partial charge in [-0.2, -0.15) is 0 Å². The lowest BCUT2D eigenvalue weighted by Gasteiger charge is -2.13. The number of hydrogen-bond acceptors (Lipinski definition) is 4. The molecule has 0 aromatic heterocycles. The second-order valence-electron chi connectivity index (χ2n) is 11.0. The largest absolute Gasteiger partial charge is 0.472 e. The minimum atomic E-state index is 0.386. The molecule has 7 aromatic rings. The molecule has 0 bridgehead atoms. The van der Waals surface area contributed by atoms with E-state index in [0.29, 0.717) is 25.0 Å². The maximum absolute atomic E-state index is 6.36. The fraction of sp³-hybridized carbons (Fsp3) is 0.0476. The summed E-state index contributed by atoms with van der Waals surface area (Å²) >= 11 is 0. The van der Waals surface area contributed by atoms with Crippen molar-refractivity contribution in [1.29, 1.82) is 0 Å². The predicted octanol–water partition coefficient (Wildman–Crippen LogP) is 10.6. The number of benzene rings is 7. The molecule has 0 heterocycles. The van der Waals surface area contributed by atoms with E-state index >= 15 is 0 Å². The second-order valence-corrected chi connectivity index (χ2v) is 11.0.